The zero-order valence-corrected chi connectivity index (χ0v) is 14.9. The first kappa shape index (κ1) is 16.9. The van der Waals surface area contributed by atoms with Crippen LogP contribution in [-0.2, 0) is 0 Å². The standard InChI is InChI=1S/C14H11ClN4.C4H8S/c15-13-4-2-11(8-18-13)19-14-12-3-1-10(16)7-9(12)5-6-17-14;1-5-4-2-3-4/h1-8H,16H2,(H,17,19);4H,2-3H2,1H3. The molecule has 3 N–H and O–H groups in total. The van der Waals surface area contributed by atoms with E-state index in [9.17, 15) is 0 Å². The number of thioether (sulfide) groups is 1. The van der Waals surface area contributed by atoms with Crippen LogP contribution in [0.15, 0.2) is 48.8 Å². The highest BCUT2D eigenvalue weighted by atomic mass is 35.5. The quantitative estimate of drug-likeness (QED) is 0.502. The third-order valence-corrected chi connectivity index (χ3v) is 5.00. The van der Waals surface area contributed by atoms with Crippen molar-refractivity contribution in [3.8, 4) is 0 Å². The zero-order valence-electron chi connectivity index (χ0n) is 13.4. The lowest BCUT2D eigenvalue weighted by molar-refractivity contribution is 1.29. The van der Waals surface area contributed by atoms with Gasteiger partial charge in [0.25, 0.3) is 0 Å². The van der Waals surface area contributed by atoms with Crippen molar-refractivity contribution in [1.82, 2.24) is 9.97 Å². The van der Waals surface area contributed by atoms with Crippen molar-refractivity contribution in [3.63, 3.8) is 0 Å². The Hall–Kier alpha value is -1.98. The van der Waals surface area contributed by atoms with Crippen molar-refractivity contribution in [2.75, 3.05) is 17.3 Å². The summed E-state index contributed by atoms with van der Waals surface area (Å²) >= 11 is 7.75. The zero-order chi connectivity index (χ0) is 16.9. The maximum atomic E-state index is 5.78. The van der Waals surface area contributed by atoms with Gasteiger partial charge in [-0.3, -0.25) is 0 Å². The fraction of sp³-hybridized carbons (Fsp3) is 0.222. The molecule has 6 heteroatoms. The number of nitrogens with two attached hydrogens (primary N) is 1. The second-order valence-electron chi connectivity index (χ2n) is 5.57. The minimum Gasteiger partial charge on any atom is -0.399 e. The van der Waals surface area contributed by atoms with Gasteiger partial charge in [-0.2, -0.15) is 11.8 Å². The summed E-state index contributed by atoms with van der Waals surface area (Å²) in [5, 5.41) is 6.78. The monoisotopic (exact) mass is 358 g/mol. The summed E-state index contributed by atoms with van der Waals surface area (Å²) in [4.78, 5) is 8.37. The van der Waals surface area contributed by atoms with Crippen LogP contribution in [0.25, 0.3) is 10.8 Å². The molecule has 0 aliphatic heterocycles. The fourth-order valence-electron chi connectivity index (χ4n) is 2.19. The summed E-state index contributed by atoms with van der Waals surface area (Å²) in [6, 6.07) is 11.2. The second-order valence-corrected chi connectivity index (χ2v) is 7.10. The lowest BCUT2D eigenvalue weighted by Crippen LogP contribution is -1.95. The molecule has 0 radical (unpaired) electrons. The molecule has 1 fully saturated rings. The number of benzene rings is 1. The first-order valence-corrected chi connectivity index (χ1v) is 9.38. The molecule has 1 aliphatic carbocycles. The summed E-state index contributed by atoms with van der Waals surface area (Å²) < 4.78 is 0. The maximum Gasteiger partial charge on any atom is 0.138 e. The van der Waals surface area contributed by atoms with Gasteiger partial charge in [-0.25, -0.2) is 9.97 Å². The minimum absolute atomic E-state index is 0.462. The number of nitrogens with one attached hydrogen (secondary N) is 1. The molecule has 0 unspecified atom stereocenters. The Morgan fingerprint density at radius 2 is 2.00 bits per heavy atom. The highest BCUT2D eigenvalue weighted by Crippen LogP contribution is 2.31. The lowest BCUT2D eigenvalue weighted by atomic mass is 10.1. The number of anilines is 3. The largest absolute Gasteiger partial charge is 0.399 e. The predicted octanol–water partition coefficient (Wildman–Crippen LogP) is 5.12. The highest BCUT2D eigenvalue weighted by molar-refractivity contribution is 7.99. The van der Waals surface area contributed by atoms with E-state index in [1.54, 1.807) is 18.5 Å². The maximum absolute atomic E-state index is 5.78. The summed E-state index contributed by atoms with van der Waals surface area (Å²) in [7, 11) is 0. The van der Waals surface area contributed by atoms with E-state index in [2.05, 4.69) is 21.5 Å². The molecule has 0 spiro atoms. The van der Waals surface area contributed by atoms with E-state index in [1.807, 2.05) is 42.1 Å². The van der Waals surface area contributed by atoms with Gasteiger partial charge in [-0.15, -0.1) is 0 Å². The van der Waals surface area contributed by atoms with Crippen LogP contribution < -0.4 is 11.1 Å². The van der Waals surface area contributed by atoms with Crippen molar-refractivity contribution >= 4 is 51.3 Å². The molecule has 0 bridgehead atoms. The van der Waals surface area contributed by atoms with Crippen LogP contribution in [0.4, 0.5) is 17.2 Å². The van der Waals surface area contributed by atoms with Crippen molar-refractivity contribution in [1.29, 1.82) is 0 Å². The van der Waals surface area contributed by atoms with E-state index in [0.717, 1.165) is 33.2 Å². The molecular weight excluding hydrogens is 340 g/mol. The number of hydrogen-bond acceptors (Lipinski definition) is 5. The SMILES string of the molecule is CSC1CC1.Nc1ccc2c(Nc3ccc(Cl)nc3)nccc2c1. The third-order valence-electron chi connectivity index (χ3n) is 3.64. The Kier molecular flexibility index (Phi) is 5.43. The second kappa shape index (κ2) is 7.73. The van der Waals surface area contributed by atoms with Gasteiger partial charge in [0.1, 0.15) is 11.0 Å². The molecular formula is C18H19ClN4S. The van der Waals surface area contributed by atoms with Crippen LogP contribution in [0.3, 0.4) is 0 Å². The summed E-state index contributed by atoms with van der Waals surface area (Å²) in [5.74, 6) is 0.765. The molecule has 1 aromatic carbocycles. The Bertz CT molecular complexity index is 819. The van der Waals surface area contributed by atoms with Crippen LogP contribution in [0.1, 0.15) is 12.8 Å². The van der Waals surface area contributed by atoms with E-state index in [-0.39, 0.29) is 0 Å². The van der Waals surface area contributed by atoms with Crippen molar-refractivity contribution in [3.05, 3.63) is 53.9 Å². The van der Waals surface area contributed by atoms with Gasteiger partial charge in [0, 0.05) is 22.5 Å². The third kappa shape index (κ3) is 4.52. The summed E-state index contributed by atoms with van der Waals surface area (Å²) in [6.07, 6.45) is 8.54. The molecule has 124 valence electrons. The number of fused-ring (bicyclic) bond motifs is 1. The van der Waals surface area contributed by atoms with Crippen LogP contribution in [0.2, 0.25) is 5.15 Å². The highest BCUT2D eigenvalue weighted by Gasteiger charge is 2.18. The number of nitrogen functional groups attached to an aromatic ring is 1. The first-order valence-electron chi connectivity index (χ1n) is 7.71. The number of aromatic nitrogens is 2. The van der Waals surface area contributed by atoms with Gasteiger partial charge >= 0.3 is 0 Å². The minimum atomic E-state index is 0.462. The first-order chi connectivity index (χ1) is 11.7. The van der Waals surface area contributed by atoms with E-state index < -0.39 is 0 Å². The number of nitrogens with zero attached hydrogens (tertiary/aromatic N) is 2. The number of pyridine rings is 2. The number of halogens is 1. The molecule has 4 nitrogen and oxygen atoms in total. The Morgan fingerprint density at radius 1 is 1.17 bits per heavy atom. The van der Waals surface area contributed by atoms with Crippen LogP contribution in [0.5, 0.6) is 0 Å². The number of rotatable bonds is 3. The summed E-state index contributed by atoms with van der Waals surface area (Å²) in [5.41, 5.74) is 7.35. The normalized spacial score (nSPS) is 13.2. The van der Waals surface area contributed by atoms with Gasteiger partial charge in [-0.05, 0) is 60.9 Å². The molecule has 0 saturated heterocycles. The molecule has 1 aliphatic rings. The van der Waals surface area contributed by atoms with E-state index in [4.69, 9.17) is 17.3 Å². The molecule has 2 heterocycles. The topological polar surface area (TPSA) is 63.8 Å². The molecule has 3 aromatic rings. The molecule has 24 heavy (non-hydrogen) atoms. The Morgan fingerprint density at radius 3 is 2.62 bits per heavy atom. The Labute approximate surface area is 150 Å². The van der Waals surface area contributed by atoms with E-state index in [1.165, 1.54) is 12.8 Å². The average Bonchev–Trinajstić information content (AvgIpc) is 3.42. The van der Waals surface area contributed by atoms with Crippen molar-refractivity contribution in [2.24, 2.45) is 0 Å². The Balaban J connectivity index is 0.000000290. The predicted molar refractivity (Wildman–Crippen MR) is 105 cm³/mol. The lowest BCUT2D eigenvalue weighted by Gasteiger charge is -2.08. The molecule has 0 atom stereocenters. The van der Waals surface area contributed by atoms with Crippen LogP contribution >= 0.6 is 23.4 Å². The van der Waals surface area contributed by atoms with E-state index >= 15 is 0 Å². The van der Waals surface area contributed by atoms with Gasteiger partial charge in [0.05, 0.1) is 11.9 Å². The summed E-state index contributed by atoms with van der Waals surface area (Å²) in [6.45, 7) is 0. The van der Waals surface area contributed by atoms with E-state index in [0.29, 0.717) is 5.15 Å². The molecule has 0 amide bonds. The number of hydrogen-bond donors (Lipinski definition) is 2. The van der Waals surface area contributed by atoms with Crippen LogP contribution in [-0.4, -0.2) is 21.5 Å². The average molecular weight is 359 g/mol. The van der Waals surface area contributed by atoms with Gasteiger partial charge in [0.2, 0.25) is 0 Å². The smallest absolute Gasteiger partial charge is 0.138 e. The van der Waals surface area contributed by atoms with Gasteiger partial charge in [-0.1, -0.05) is 11.6 Å². The molecule has 4 rings (SSSR count). The van der Waals surface area contributed by atoms with Crippen molar-refractivity contribution < 1.29 is 0 Å². The molecule has 2 aromatic heterocycles. The van der Waals surface area contributed by atoms with Crippen LogP contribution in [0, 0.1) is 0 Å². The molecule has 1 saturated carbocycles. The van der Waals surface area contributed by atoms with Crippen molar-refractivity contribution in [2.45, 2.75) is 18.1 Å². The van der Waals surface area contributed by atoms with Gasteiger partial charge in [0.15, 0.2) is 0 Å². The fourth-order valence-corrected chi connectivity index (χ4v) is 2.91. The van der Waals surface area contributed by atoms with Gasteiger partial charge < -0.3 is 11.1 Å².